The van der Waals surface area contributed by atoms with Crippen molar-refractivity contribution >= 4 is 0 Å². The fraction of sp³-hybridized carbons (Fsp3) is 1.00. The summed E-state index contributed by atoms with van der Waals surface area (Å²) in [4.78, 5) is 0. The topological polar surface area (TPSA) is 176 Å². The molecule has 6 atom stereocenters. The van der Waals surface area contributed by atoms with Crippen LogP contribution in [0.1, 0.15) is 98.3 Å². The maximum absolute atomic E-state index is 5.95. The van der Waals surface area contributed by atoms with E-state index in [0.717, 1.165) is 91.1 Å². The summed E-state index contributed by atoms with van der Waals surface area (Å²) in [5.41, 5.74) is 23.6. The second kappa shape index (κ2) is 29.7. The number of hydrogen-bond donors (Lipinski definition) is 10. The minimum absolute atomic E-state index is 0.248. The summed E-state index contributed by atoms with van der Waals surface area (Å²) in [6, 6.07) is 2.03. The quantitative estimate of drug-likeness (QED) is 0.0511. The van der Waals surface area contributed by atoms with Crippen LogP contribution >= 0.6 is 0 Å². The van der Waals surface area contributed by atoms with Crippen molar-refractivity contribution in [1.29, 1.82) is 0 Å². The van der Waals surface area contributed by atoms with Gasteiger partial charge in [0.2, 0.25) is 0 Å². The Morgan fingerprint density at radius 2 is 0.707 bits per heavy atom. The van der Waals surface area contributed by atoms with Gasteiger partial charge < -0.3 is 54.8 Å². The van der Waals surface area contributed by atoms with E-state index in [1.54, 1.807) is 0 Å². The van der Waals surface area contributed by atoms with E-state index in [0.29, 0.717) is 12.1 Å². The number of nitrogens with one attached hydrogen (secondary N) is 6. The van der Waals surface area contributed by atoms with Gasteiger partial charge in [-0.1, -0.05) is 6.42 Å². The molecule has 0 fully saturated rings. The molecule has 0 radical (unpaired) electrons. The molecule has 41 heavy (non-hydrogen) atoms. The van der Waals surface area contributed by atoms with Crippen LogP contribution in [0.5, 0.6) is 0 Å². The van der Waals surface area contributed by atoms with Crippen LogP contribution in [0.25, 0.3) is 0 Å². The van der Waals surface area contributed by atoms with E-state index in [1.807, 2.05) is 0 Å². The summed E-state index contributed by atoms with van der Waals surface area (Å²) in [6.45, 7) is 18.6. The molecule has 0 amide bonds. The number of nitrogens with two attached hydrogens (primary N) is 4. The van der Waals surface area contributed by atoms with Gasteiger partial charge in [-0.2, -0.15) is 0 Å². The van der Waals surface area contributed by atoms with Crippen molar-refractivity contribution in [2.75, 3.05) is 65.4 Å². The van der Waals surface area contributed by atoms with Crippen LogP contribution in [-0.2, 0) is 0 Å². The summed E-state index contributed by atoms with van der Waals surface area (Å²) < 4.78 is 0. The molecule has 10 nitrogen and oxygen atoms in total. The van der Waals surface area contributed by atoms with Gasteiger partial charge in [0.25, 0.3) is 0 Å². The molecule has 14 N–H and O–H groups in total. The zero-order valence-corrected chi connectivity index (χ0v) is 27.6. The standard InChI is InChI=1S/C31H74N10/c1-26(32)12-20-36-18-8-10-30(40-22-14-28(3)34)24-38-16-6-5-7-17-39-25-31(41-23-15-29(4)35)11-9-19-37-21-13-27(2)33/h26-31,36-41H,5-25,32-35H2,1-4H3. The van der Waals surface area contributed by atoms with Gasteiger partial charge in [-0.05, 0) is 144 Å². The summed E-state index contributed by atoms with van der Waals surface area (Å²) in [6.07, 6.45) is 12.5. The highest BCUT2D eigenvalue weighted by atomic mass is 15.0. The maximum atomic E-state index is 5.95. The first kappa shape index (κ1) is 40.6. The predicted octanol–water partition coefficient (Wildman–Crippen LogP) is 0.941. The SMILES string of the molecule is CC(N)CCNCCCC(CNCCCCCNCC(CCCNCCC(C)N)NCCC(C)N)NCCC(C)N. The highest BCUT2D eigenvalue weighted by Crippen LogP contribution is 2.00. The van der Waals surface area contributed by atoms with E-state index in [9.17, 15) is 0 Å². The van der Waals surface area contributed by atoms with Crippen molar-refractivity contribution in [2.24, 2.45) is 22.9 Å². The maximum Gasteiger partial charge on any atom is 0.0192 e. The van der Waals surface area contributed by atoms with Gasteiger partial charge in [0.15, 0.2) is 0 Å². The molecule has 10 heteroatoms. The third-order valence-corrected chi connectivity index (χ3v) is 7.42. The molecule has 248 valence electrons. The molecule has 0 aromatic heterocycles. The molecule has 0 spiro atoms. The molecular formula is C31H74N10. The van der Waals surface area contributed by atoms with Crippen molar-refractivity contribution < 1.29 is 0 Å². The first-order valence-corrected chi connectivity index (χ1v) is 17.0. The monoisotopic (exact) mass is 587 g/mol. The Hall–Kier alpha value is -0.400. The average molecular weight is 587 g/mol. The van der Waals surface area contributed by atoms with Crippen LogP contribution < -0.4 is 54.8 Å². The lowest BCUT2D eigenvalue weighted by atomic mass is 10.1. The third kappa shape index (κ3) is 32.4. The predicted molar refractivity (Wildman–Crippen MR) is 180 cm³/mol. The van der Waals surface area contributed by atoms with E-state index < -0.39 is 0 Å². The second-order valence-corrected chi connectivity index (χ2v) is 12.6. The molecule has 0 rings (SSSR count). The minimum atomic E-state index is 0.248. The Balaban J connectivity index is 4.04. The highest BCUT2D eigenvalue weighted by molar-refractivity contribution is 4.73. The number of unbranched alkanes of at least 4 members (excludes halogenated alkanes) is 2. The van der Waals surface area contributed by atoms with Crippen molar-refractivity contribution in [3.8, 4) is 0 Å². The lowest BCUT2D eigenvalue weighted by molar-refractivity contribution is 0.413. The van der Waals surface area contributed by atoms with Gasteiger partial charge in [-0.15, -0.1) is 0 Å². The largest absolute Gasteiger partial charge is 0.328 e. The number of rotatable bonds is 32. The average Bonchev–Trinajstić information content (AvgIpc) is 2.89. The fourth-order valence-corrected chi connectivity index (χ4v) is 4.67. The highest BCUT2D eigenvalue weighted by Gasteiger charge is 2.09. The molecule has 0 aromatic carbocycles. The van der Waals surface area contributed by atoms with Crippen molar-refractivity contribution in [1.82, 2.24) is 31.9 Å². The van der Waals surface area contributed by atoms with E-state index in [2.05, 4.69) is 59.6 Å². The molecule has 0 aromatic rings. The van der Waals surface area contributed by atoms with Crippen LogP contribution in [0.2, 0.25) is 0 Å². The van der Waals surface area contributed by atoms with E-state index in [1.165, 1.54) is 44.9 Å². The van der Waals surface area contributed by atoms with Gasteiger partial charge in [-0.3, -0.25) is 0 Å². The van der Waals surface area contributed by atoms with Crippen LogP contribution in [0.15, 0.2) is 0 Å². The molecule has 0 aliphatic carbocycles. The third-order valence-electron chi connectivity index (χ3n) is 7.42. The molecule has 0 bridgehead atoms. The first-order chi connectivity index (χ1) is 19.7. The zero-order valence-electron chi connectivity index (χ0n) is 27.6. The van der Waals surface area contributed by atoms with Crippen LogP contribution in [0.3, 0.4) is 0 Å². The first-order valence-electron chi connectivity index (χ1n) is 17.0. The lowest BCUT2D eigenvalue weighted by Crippen LogP contribution is -2.41. The minimum Gasteiger partial charge on any atom is -0.328 e. The Morgan fingerprint density at radius 1 is 0.366 bits per heavy atom. The van der Waals surface area contributed by atoms with Crippen molar-refractivity contribution in [3.63, 3.8) is 0 Å². The normalized spacial score (nSPS) is 16.4. The second-order valence-electron chi connectivity index (χ2n) is 12.6. The van der Waals surface area contributed by atoms with Crippen LogP contribution in [0, 0.1) is 0 Å². The molecule has 0 aliphatic heterocycles. The Bertz CT molecular complexity index is 475. The summed E-state index contributed by atoms with van der Waals surface area (Å²) in [5.74, 6) is 0. The molecule has 0 saturated heterocycles. The lowest BCUT2D eigenvalue weighted by Gasteiger charge is -2.21. The van der Waals surface area contributed by atoms with Crippen molar-refractivity contribution in [3.05, 3.63) is 0 Å². The molecule has 0 saturated carbocycles. The zero-order chi connectivity index (χ0) is 30.6. The fourth-order valence-electron chi connectivity index (χ4n) is 4.67. The Morgan fingerprint density at radius 3 is 1.07 bits per heavy atom. The van der Waals surface area contributed by atoms with E-state index >= 15 is 0 Å². The van der Waals surface area contributed by atoms with E-state index in [-0.39, 0.29) is 24.2 Å². The summed E-state index contributed by atoms with van der Waals surface area (Å²) in [5, 5.41) is 21.9. The molecular weight excluding hydrogens is 512 g/mol. The summed E-state index contributed by atoms with van der Waals surface area (Å²) >= 11 is 0. The Kier molecular flexibility index (Phi) is 29.4. The molecule has 0 aliphatic rings. The van der Waals surface area contributed by atoms with Crippen LogP contribution in [-0.4, -0.2) is 102 Å². The number of hydrogen-bond acceptors (Lipinski definition) is 10. The summed E-state index contributed by atoms with van der Waals surface area (Å²) in [7, 11) is 0. The van der Waals surface area contributed by atoms with Gasteiger partial charge in [0.05, 0.1) is 0 Å². The van der Waals surface area contributed by atoms with Crippen molar-refractivity contribution in [2.45, 2.75) is 135 Å². The van der Waals surface area contributed by atoms with Gasteiger partial charge in [0, 0.05) is 49.3 Å². The van der Waals surface area contributed by atoms with Gasteiger partial charge in [0.1, 0.15) is 0 Å². The smallest absolute Gasteiger partial charge is 0.0192 e. The van der Waals surface area contributed by atoms with Gasteiger partial charge in [-0.25, -0.2) is 0 Å². The molecule has 0 heterocycles. The van der Waals surface area contributed by atoms with Crippen LogP contribution in [0.4, 0.5) is 0 Å². The van der Waals surface area contributed by atoms with E-state index in [4.69, 9.17) is 22.9 Å². The molecule has 6 unspecified atom stereocenters. The van der Waals surface area contributed by atoms with Gasteiger partial charge >= 0.3 is 0 Å². The Labute approximate surface area is 254 Å².